The smallest absolute Gasteiger partial charge is 0.338 e. The van der Waals surface area contributed by atoms with E-state index in [1.807, 2.05) is 0 Å². The minimum atomic E-state index is -0.831. The summed E-state index contributed by atoms with van der Waals surface area (Å²) < 4.78 is 5.14. The number of anilines is 1. The SMILES string of the molecule is C[C@H](OC(=O)c1ccc(N2CCCC2=O)cc1)C(=O)N(C)C. The fourth-order valence-electron chi connectivity index (χ4n) is 2.34. The van der Waals surface area contributed by atoms with Gasteiger partial charge in [0.1, 0.15) is 0 Å². The summed E-state index contributed by atoms with van der Waals surface area (Å²) >= 11 is 0. The van der Waals surface area contributed by atoms with Crippen molar-refractivity contribution in [2.75, 3.05) is 25.5 Å². The largest absolute Gasteiger partial charge is 0.449 e. The zero-order valence-electron chi connectivity index (χ0n) is 13.0. The van der Waals surface area contributed by atoms with Gasteiger partial charge in [0.2, 0.25) is 5.91 Å². The number of nitrogens with zero attached hydrogens (tertiary/aromatic N) is 2. The summed E-state index contributed by atoms with van der Waals surface area (Å²) in [5.74, 6) is -0.727. The summed E-state index contributed by atoms with van der Waals surface area (Å²) in [6, 6.07) is 6.66. The van der Waals surface area contributed by atoms with Gasteiger partial charge < -0.3 is 14.5 Å². The first-order valence-corrected chi connectivity index (χ1v) is 7.22. The monoisotopic (exact) mass is 304 g/mol. The van der Waals surface area contributed by atoms with Crippen LogP contribution in [-0.4, -0.2) is 49.4 Å². The minimum Gasteiger partial charge on any atom is -0.449 e. The molecular weight excluding hydrogens is 284 g/mol. The zero-order valence-corrected chi connectivity index (χ0v) is 13.0. The van der Waals surface area contributed by atoms with Crippen LogP contribution in [0.4, 0.5) is 5.69 Å². The summed E-state index contributed by atoms with van der Waals surface area (Å²) in [6.45, 7) is 2.24. The van der Waals surface area contributed by atoms with Crippen LogP contribution in [0.25, 0.3) is 0 Å². The lowest BCUT2D eigenvalue weighted by Gasteiger charge is -2.18. The van der Waals surface area contributed by atoms with Crippen LogP contribution in [0, 0.1) is 0 Å². The maximum atomic E-state index is 12.0. The van der Waals surface area contributed by atoms with Gasteiger partial charge in [-0.1, -0.05) is 0 Å². The molecule has 0 saturated carbocycles. The van der Waals surface area contributed by atoms with E-state index < -0.39 is 12.1 Å². The van der Waals surface area contributed by atoms with Crippen molar-refractivity contribution in [2.45, 2.75) is 25.9 Å². The molecule has 2 rings (SSSR count). The first-order chi connectivity index (χ1) is 10.4. The van der Waals surface area contributed by atoms with Gasteiger partial charge in [-0.05, 0) is 37.6 Å². The van der Waals surface area contributed by atoms with E-state index in [9.17, 15) is 14.4 Å². The Morgan fingerprint density at radius 3 is 2.36 bits per heavy atom. The number of likely N-dealkylation sites (N-methyl/N-ethyl adjacent to an activating group) is 1. The highest BCUT2D eigenvalue weighted by Crippen LogP contribution is 2.21. The third-order valence-corrected chi connectivity index (χ3v) is 3.56. The highest BCUT2D eigenvalue weighted by atomic mass is 16.5. The Labute approximate surface area is 129 Å². The lowest BCUT2D eigenvalue weighted by atomic mass is 10.2. The number of ether oxygens (including phenoxy) is 1. The lowest BCUT2D eigenvalue weighted by molar-refractivity contribution is -0.137. The van der Waals surface area contributed by atoms with E-state index in [1.165, 1.54) is 11.8 Å². The van der Waals surface area contributed by atoms with Crippen LogP contribution in [-0.2, 0) is 14.3 Å². The van der Waals surface area contributed by atoms with E-state index in [1.54, 1.807) is 43.3 Å². The molecule has 0 N–H and O–H groups in total. The number of hydrogen-bond acceptors (Lipinski definition) is 4. The molecule has 6 nitrogen and oxygen atoms in total. The molecule has 1 fully saturated rings. The summed E-state index contributed by atoms with van der Waals surface area (Å²) in [7, 11) is 3.21. The van der Waals surface area contributed by atoms with Crippen LogP contribution in [0.5, 0.6) is 0 Å². The van der Waals surface area contributed by atoms with E-state index in [0.29, 0.717) is 18.5 Å². The van der Waals surface area contributed by atoms with Gasteiger partial charge in [-0.3, -0.25) is 9.59 Å². The van der Waals surface area contributed by atoms with E-state index in [4.69, 9.17) is 4.74 Å². The van der Waals surface area contributed by atoms with Gasteiger partial charge >= 0.3 is 5.97 Å². The van der Waals surface area contributed by atoms with Crippen molar-refractivity contribution in [3.8, 4) is 0 Å². The van der Waals surface area contributed by atoms with Gasteiger partial charge in [-0.25, -0.2) is 4.79 Å². The number of carbonyl (C=O) groups excluding carboxylic acids is 3. The van der Waals surface area contributed by atoms with Crippen molar-refractivity contribution >= 4 is 23.5 Å². The zero-order chi connectivity index (χ0) is 16.3. The van der Waals surface area contributed by atoms with Gasteiger partial charge in [0.05, 0.1) is 5.56 Å². The molecule has 22 heavy (non-hydrogen) atoms. The average Bonchev–Trinajstić information content (AvgIpc) is 2.92. The van der Waals surface area contributed by atoms with E-state index in [2.05, 4.69) is 0 Å². The number of hydrogen-bond donors (Lipinski definition) is 0. The fraction of sp³-hybridized carbons (Fsp3) is 0.438. The van der Waals surface area contributed by atoms with E-state index in [0.717, 1.165) is 12.1 Å². The normalized spacial score (nSPS) is 15.6. The molecule has 1 aromatic carbocycles. The molecule has 0 bridgehead atoms. The van der Waals surface area contributed by atoms with Crippen LogP contribution in [0.2, 0.25) is 0 Å². The molecule has 0 unspecified atom stereocenters. The van der Waals surface area contributed by atoms with Gasteiger partial charge in [-0.2, -0.15) is 0 Å². The predicted octanol–water partition coefficient (Wildman–Crippen LogP) is 1.45. The molecule has 2 amide bonds. The fourth-order valence-corrected chi connectivity index (χ4v) is 2.34. The highest BCUT2D eigenvalue weighted by Gasteiger charge is 2.23. The van der Waals surface area contributed by atoms with Crippen LogP contribution in [0.15, 0.2) is 24.3 Å². The Balaban J connectivity index is 2.02. The third-order valence-electron chi connectivity index (χ3n) is 3.56. The average molecular weight is 304 g/mol. The number of carbonyl (C=O) groups is 3. The first kappa shape index (κ1) is 16.0. The minimum absolute atomic E-state index is 0.0977. The second kappa shape index (κ2) is 6.60. The standard InChI is InChI=1S/C16H20N2O4/c1-11(15(20)17(2)3)22-16(21)12-6-8-13(9-7-12)18-10-4-5-14(18)19/h6-9,11H,4-5,10H2,1-3H3/t11-/m0/s1. The van der Waals surface area contributed by atoms with Crippen LogP contribution in [0.1, 0.15) is 30.1 Å². The molecule has 1 aliphatic rings. The van der Waals surface area contributed by atoms with Crippen molar-refractivity contribution in [2.24, 2.45) is 0 Å². The number of esters is 1. The molecule has 0 aromatic heterocycles. The molecule has 1 atom stereocenters. The lowest BCUT2D eigenvalue weighted by Crippen LogP contribution is -2.34. The predicted molar refractivity (Wildman–Crippen MR) is 81.6 cm³/mol. The summed E-state index contributed by atoms with van der Waals surface area (Å²) in [5, 5.41) is 0. The maximum Gasteiger partial charge on any atom is 0.338 e. The summed E-state index contributed by atoms with van der Waals surface area (Å²) in [5.41, 5.74) is 1.13. The Hall–Kier alpha value is -2.37. The second-order valence-electron chi connectivity index (χ2n) is 5.48. The molecule has 6 heteroatoms. The topological polar surface area (TPSA) is 66.9 Å². The van der Waals surface area contributed by atoms with E-state index in [-0.39, 0.29) is 11.8 Å². The Kier molecular flexibility index (Phi) is 4.80. The molecule has 1 heterocycles. The van der Waals surface area contributed by atoms with E-state index >= 15 is 0 Å². The van der Waals surface area contributed by atoms with Crippen molar-refractivity contribution in [1.82, 2.24) is 4.90 Å². The van der Waals surface area contributed by atoms with Crippen molar-refractivity contribution < 1.29 is 19.1 Å². The molecular formula is C16H20N2O4. The Bertz CT molecular complexity index is 580. The first-order valence-electron chi connectivity index (χ1n) is 7.22. The molecule has 0 aliphatic carbocycles. The molecule has 1 saturated heterocycles. The second-order valence-corrected chi connectivity index (χ2v) is 5.48. The number of rotatable bonds is 4. The van der Waals surface area contributed by atoms with Crippen molar-refractivity contribution in [3.05, 3.63) is 29.8 Å². The van der Waals surface area contributed by atoms with Gasteiger partial charge in [0.15, 0.2) is 6.10 Å². The summed E-state index contributed by atoms with van der Waals surface area (Å²) in [6.07, 6.45) is 0.586. The quantitative estimate of drug-likeness (QED) is 0.790. The van der Waals surface area contributed by atoms with Crippen molar-refractivity contribution in [1.29, 1.82) is 0 Å². The molecule has 118 valence electrons. The third kappa shape index (κ3) is 3.44. The number of benzene rings is 1. The van der Waals surface area contributed by atoms with Crippen LogP contribution in [0.3, 0.4) is 0 Å². The molecule has 0 radical (unpaired) electrons. The van der Waals surface area contributed by atoms with Crippen LogP contribution >= 0.6 is 0 Å². The maximum absolute atomic E-state index is 12.0. The Morgan fingerprint density at radius 1 is 1.23 bits per heavy atom. The molecule has 0 spiro atoms. The van der Waals surface area contributed by atoms with Gasteiger partial charge in [-0.15, -0.1) is 0 Å². The molecule has 1 aromatic rings. The summed E-state index contributed by atoms with van der Waals surface area (Å²) in [4.78, 5) is 38.4. The number of amides is 2. The van der Waals surface area contributed by atoms with Crippen molar-refractivity contribution in [3.63, 3.8) is 0 Å². The highest BCUT2D eigenvalue weighted by molar-refractivity contribution is 5.96. The van der Waals surface area contributed by atoms with Crippen LogP contribution < -0.4 is 4.90 Å². The Morgan fingerprint density at radius 2 is 1.86 bits per heavy atom. The van der Waals surface area contributed by atoms with Gasteiger partial charge in [0.25, 0.3) is 5.91 Å². The molecule has 1 aliphatic heterocycles. The van der Waals surface area contributed by atoms with Gasteiger partial charge in [0, 0.05) is 32.7 Å².